The van der Waals surface area contributed by atoms with Gasteiger partial charge in [0.2, 0.25) is 0 Å². The molecule has 0 radical (unpaired) electrons. The Balaban J connectivity index is 1.99. The fourth-order valence-electron chi connectivity index (χ4n) is 2.32. The Bertz CT molecular complexity index is 866. The van der Waals surface area contributed by atoms with Gasteiger partial charge < -0.3 is 10.6 Å². The van der Waals surface area contributed by atoms with Gasteiger partial charge in [-0.1, -0.05) is 25.5 Å². The van der Waals surface area contributed by atoms with Crippen molar-refractivity contribution in [1.82, 2.24) is 0 Å². The summed E-state index contributed by atoms with van der Waals surface area (Å²) >= 11 is 0. The number of hydrogen-bond acceptors (Lipinski definition) is 5. The molecule has 7 nitrogen and oxygen atoms in total. The molecular formula is C20H20N4O3. The van der Waals surface area contributed by atoms with E-state index in [1.54, 1.807) is 0 Å². The molecule has 0 unspecified atom stereocenters. The van der Waals surface area contributed by atoms with Crippen molar-refractivity contribution in [3.63, 3.8) is 0 Å². The number of nitro groups is 1. The smallest absolute Gasteiger partial charge is 0.269 e. The highest BCUT2D eigenvalue weighted by atomic mass is 16.6. The van der Waals surface area contributed by atoms with Crippen molar-refractivity contribution in [1.29, 1.82) is 5.26 Å². The monoisotopic (exact) mass is 364 g/mol. The van der Waals surface area contributed by atoms with Crippen molar-refractivity contribution >= 4 is 23.0 Å². The van der Waals surface area contributed by atoms with Gasteiger partial charge in [-0.3, -0.25) is 14.9 Å². The number of carbonyl (C=O) groups is 1. The molecule has 0 atom stereocenters. The second-order valence-electron chi connectivity index (χ2n) is 5.87. The van der Waals surface area contributed by atoms with E-state index in [4.69, 9.17) is 0 Å². The molecule has 1 amide bonds. The topological polar surface area (TPSA) is 108 Å². The van der Waals surface area contributed by atoms with Crippen LogP contribution in [0.4, 0.5) is 17.1 Å². The fraction of sp³-hybridized carbons (Fsp3) is 0.200. The predicted octanol–water partition coefficient (Wildman–Crippen LogP) is 4.40. The Morgan fingerprint density at radius 1 is 1.15 bits per heavy atom. The first kappa shape index (κ1) is 19.7. The molecule has 0 fully saturated rings. The Labute approximate surface area is 157 Å². The molecular weight excluding hydrogens is 344 g/mol. The van der Waals surface area contributed by atoms with E-state index in [1.807, 2.05) is 30.3 Å². The summed E-state index contributed by atoms with van der Waals surface area (Å²) in [6.07, 6.45) is 4.63. The van der Waals surface area contributed by atoms with Crippen LogP contribution in [0.15, 0.2) is 60.3 Å². The van der Waals surface area contributed by atoms with E-state index in [1.165, 1.54) is 36.0 Å². The van der Waals surface area contributed by atoms with Crippen molar-refractivity contribution in [3.05, 3.63) is 76.0 Å². The Morgan fingerprint density at radius 3 is 2.33 bits per heavy atom. The number of carbonyl (C=O) groups excluding carboxylic acids is 1. The van der Waals surface area contributed by atoms with Crippen LogP contribution in [0.3, 0.4) is 0 Å². The largest absolute Gasteiger partial charge is 0.360 e. The Hall–Kier alpha value is -3.66. The van der Waals surface area contributed by atoms with Gasteiger partial charge in [0, 0.05) is 29.7 Å². The third kappa shape index (κ3) is 5.97. The normalized spacial score (nSPS) is 10.7. The molecule has 0 saturated heterocycles. The summed E-state index contributed by atoms with van der Waals surface area (Å²) in [7, 11) is 0. The third-order valence-electron chi connectivity index (χ3n) is 3.86. The third-order valence-corrected chi connectivity index (χ3v) is 3.86. The molecule has 2 aromatic rings. The van der Waals surface area contributed by atoms with E-state index in [9.17, 15) is 20.2 Å². The SMILES string of the molecule is CCCCc1ccc(N/C=C(/C#N)C(=O)Nc2ccc([N+](=O)[O-])cc2)cc1. The molecule has 0 spiro atoms. The number of nitriles is 1. The minimum Gasteiger partial charge on any atom is -0.360 e. The lowest BCUT2D eigenvalue weighted by atomic mass is 10.1. The Kier molecular flexibility index (Phi) is 7.08. The molecule has 0 aromatic heterocycles. The molecule has 0 bridgehead atoms. The average molecular weight is 364 g/mol. The van der Waals surface area contributed by atoms with Crippen LogP contribution < -0.4 is 10.6 Å². The first-order valence-electron chi connectivity index (χ1n) is 8.55. The van der Waals surface area contributed by atoms with Crippen molar-refractivity contribution in [2.24, 2.45) is 0 Å². The second kappa shape index (κ2) is 9.73. The van der Waals surface area contributed by atoms with Gasteiger partial charge in [0.1, 0.15) is 11.6 Å². The number of aryl methyl sites for hydroxylation is 1. The summed E-state index contributed by atoms with van der Waals surface area (Å²) < 4.78 is 0. The van der Waals surface area contributed by atoms with E-state index in [0.717, 1.165) is 24.9 Å². The summed E-state index contributed by atoms with van der Waals surface area (Å²) in [6, 6.07) is 15.0. The van der Waals surface area contributed by atoms with Gasteiger partial charge >= 0.3 is 0 Å². The average Bonchev–Trinajstić information content (AvgIpc) is 2.68. The highest BCUT2D eigenvalue weighted by molar-refractivity contribution is 6.06. The molecule has 0 aliphatic carbocycles. The van der Waals surface area contributed by atoms with Gasteiger partial charge in [-0.25, -0.2) is 0 Å². The van der Waals surface area contributed by atoms with Gasteiger partial charge in [-0.05, 0) is 42.7 Å². The molecule has 27 heavy (non-hydrogen) atoms. The maximum absolute atomic E-state index is 12.2. The van der Waals surface area contributed by atoms with Crippen LogP contribution in [0, 0.1) is 21.4 Å². The molecule has 2 N–H and O–H groups in total. The minimum absolute atomic E-state index is 0.0758. The van der Waals surface area contributed by atoms with Crippen LogP contribution in [-0.2, 0) is 11.2 Å². The number of nitrogens with zero attached hydrogens (tertiary/aromatic N) is 2. The number of anilines is 2. The summed E-state index contributed by atoms with van der Waals surface area (Å²) in [5, 5.41) is 25.3. The quantitative estimate of drug-likeness (QED) is 0.312. The molecule has 2 rings (SSSR count). The molecule has 2 aromatic carbocycles. The number of benzene rings is 2. The van der Waals surface area contributed by atoms with Crippen molar-refractivity contribution in [2.45, 2.75) is 26.2 Å². The maximum Gasteiger partial charge on any atom is 0.269 e. The van der Waals surface area contributed by atoms with Crippen LogP contribution in [0.5, 0.6) is 0 Å². The summed E-state index contributed by atoms with van der Waals surface area (Å²) in [6.45, 7) is 2.14. The highest BCUT2D eigenvalue weighted by Crippen LogP contribution is 2.16. The first-order chi connectivity index (χ1) is 13.0. The lowest BCUT2D eigenvalue weighted by molar-refractivity contribution is -0.384. The number of unbranched alkanes of at least 4 members (excludes halogenated alkanes) is 1. The van der Waals surface area contributed by atoms with Gasteiger partial charge in [-0.2, -0.15) is 5.26 Å². The number of amides is 1. The van der Waals surface area contributed by atoms with E-state index in [0.29, 0.717) is 5.69 Å². The lowest BCUT2D eigenvalue weighted by Crippen LogP contribution is -2.14. The summed E-state index contributed by atoms with van der Waals surface area (Å²) in [5.41, 5.74) is 2.19. The van der Waals surface area contributed by atoms with Crippen molar-refractivity contribution < 1.29 is 9.72 Å². The lowest BCUT2D eigenvalue weighted by Gasteiger charge is -2.06. The summed E-state index contributed by atoms with van der Waals surface area (Å²) in [5.74, 6) is -0.599. The zero-order valence-corrected chi connectivity index (χ0v) is 14.9. The molecule has 0 heterocycles. The minimum atomic E-state index is -0.599. The predicted molar refractivity (Wildman–Crippen MR) is 104 cm³/mol. The van der Waals surface area contributed by atoms with Crippen LogP contribution in [0.25, 0.3) is 0 Å². The van der Waals surface area contributed by atoms with E-state index in [-0.39, 0.29) is 11.3 Å². The maximum atomic E-state index is 12.2. The first-order valence-corrected chi connectivity index (χ1v) is 8.55. The van der Waals surface area contributed by atoms with Crippen molar-refractivity contribution in [2.75, 3.05) is 10.6 Å². The number of nitro benzene ring substituents is 1. The van der Waals surface area contributed by atoms with E-state index < -0.39 is 10.8 Å². The number of rotatable bonds is 8. The van der Waals surface area contributed by atoms with Crippen LogP contribution in [0.2, 0.25) is 0 Å². The van der Waals surface area contributed by atoms with Gasteiger partial charge in [0.15, 0.2) is 0 Å². The van der Waals surface area contributed by atoms with Gasteiger partial charge in [-0.15, -0.1) is 0 Å². The number of hydrogen-bond donors (Lipinski definition) is 2. The standard InChI is InChI=1S/C20H20N4O3/c1-2-3-4-15-5-7-17(8-6-15)22-14-16(13-21)20(25)23-18-9-11-19(12-10-18)24(26)27/h5-12,14,22H,2-4H2,1H3,(H,23,25)/b16-14-. The molecule has 7 heteroatoms. The van der Waals surface area contributed by atoms with Crippen LogP contribution in [0.1, 0.15) is 25.3 Å². The fourth-order valence-corrected chi connectivity index (χ4v) is 2.32. The van der Waals surface area contributed by atoms with Crippen LogP contribution in [-0.4, -0.2) is 10.8 Å². The highest BCUT2D eigenvalue weighted by Gasteiger charge is 2.10. The van der Waals surface area contributed by atoms with Gasteiger partial charge in [0.25, 0.3) is 11.6 Å². The van der Waals surface area contributed by atoms with E-state index >= 15 is 0 Å². The van der Waals surface area contributed by atoms with Crippen molar-refractivity contribution in [3.8, 4) is 6.07 Å². The van der Waals surface area contributed by atoms with E-state index in [2.05, 4.69) is 17.6 Å². The molecule has 0 aliphatic heterocycles. The summed E-state index contributed by atoms with van der Waals surface area (Å²) in [4.78, 5) is 22.3. The molecule has 0 saturated carbocycles. The molecule has 138 valence electrons. The van der Waals surface area contributed by atoms with Crippen LogP contribution >= 0.6 is 0 Å². The second-order valence-corrected chi connectivity index (χ2v) is 5.87. The van der Waals surface area contributed by atoms with Gasteiger partial charge in [0.05, 0.1) is 4.92 Å². The Morgan fingerprint density at radius 2 is 1.78 bits per heavy atom. The zero-order chi connectivity index (χ0) is 19.6. The number of non-ortho nitro benzene ring substituents is 1. The molecule has 0 aliphatic rings. The number of nitrogens with one attached hydrogen (secondary N) is 2. The zero-order valence-electron chi connectivity index (χ0n) is 14.9.